The van der Waals surface area contributed by atoms with E-state index in [2.05, 4.69) is 9.80 Å². The molecule has 0 atom stereocenters. The monoisotopic (exact) mass is 380 g/mol. The van der Waals surface area contributed by atoms with Gasteiger partial charge in [0.15, 0.2) is 0 Å². The van der Waals surface area contributed by atoms with Gasteiger partial charge in [-0.15, -0.1) is 0 Å². The second-order valence-electron chi connectivity index (χ2n) is 7.06. The lowest BCUT2D eigenvalue weighted by Crippen LogP contribution is -2.47. The van der Waals surface area contributed by atoms with Gasteiger partial charge >= 0.3 is 0 Å². The zero-order valence-corrected chi connectivity index (χ0v) is 16.0. The predicted octanol–water partition coefficient (Wildman–Crippen LogP) is 0.859. The first-order valence-corrected chi connectivity index (χ1v) is 10.9. The molecule has 2 fully saturated rings. The minimum atomic E-state index is -3.65. The van der Waals surface area contributed by atoms with Crippen molar-refractivity contribution in [3.05, 3.63) is 24.3 Å². The van der Waals surface area contributed by atoms with Crippen molar-refractivity contribution in [3.8, 4) is 0 Å². The minimum Gasteiger partial charge on any atom is -0.369 e. The third-order valence-electron chi connectivity index (χ3n) is 5.25. The van der Waals surface area contributed by atoms with Crippen molar-refractivity contribution in [1.82, 2.24) is 9.80 Å². The zero-order chi connectivity index (χ0) is 18.6. The summed E-state index contributed by atoms with van der Waals surface area (Å²) in [7, 11) is -3.65. The lowest BCUT2D eigenvalue weighted by atomic mass is 10.1. The van der Waals surface area contributed by atoms with E-state index < -0.39 is 10.0 Å². The number of hydrogen-bond acceptors (Lipinski definition) is 5. The van der Waals surface area contributed by atoms with E-state index in [0.717, 1.165) is 64.3 Å². The molecule has 0 aliphatic carbocycles. The van der Waals surface area contributed by atoms with Gasteiger partial charge in [0, 0.05) is 57.9 Å². The number of amides is 1. The van der Waals surface area contributed by atoms with Gasteiger partial charge in [0.05, 0.1) is 4.90 Å². The summed E-state index contributed by atoms with van der Waals surface area (Å²) in [4.78, 5) is 19.0. The van der Waals surface area contributed by atoms with E-state index in [1.807, 2.05) is 4.90 Å². The molecule has 8 heteroatoms. The van der Waals surface area contributed by atoms with Crippen LogP contribution >= 0.6 is 0 Å². The van der Waals surface area contributed by atoms with E-state index in [4.69, 9.17) is 5.14 Å². The van der Waals surface area contributed by atoms with Crippen molar-refractivity contribution in [2.45, 2.75) is 30.6 Å². The molecule has 1 aromatic rings. The number of piperidine rings is 1. The molecule has 2 aliphatic heterocycles. The molecule has 144 valence electrons. The van der Waals surface area contributed by atoms with Crippen molar-refractivity contribution in [2.75, 3.05) is 50.7 Å². The maximum absolute atomic E-state index is 12.3. The summed E-state index contributed by atoms with van der Waals surface area (Å²) < 4.78 is 22.7. The minimum absolute atomic E-state index is 0.135. The Labute approximate surface area is 155 Å². The highest BCUT2D eigenvalue weighted by molar-refractivity contribution is 7.89. The normalized spacial score (nSPS) is 19.6. The molecule has 1 amide bonds. The highest BCUT2D eigenvalue weighted by Crippen LogP contribution is 2.19. The van der Waals surface area contributed by atoms with E-state index in [-0.39, 0.29) is 10.8 Å². The summed E-state index contributed by atoms with van der Waals surface area (Å²) in [5, 5.41) is 5.14. The van der Waals surface area contributed by atoms with Crippen molar-refractivity contribution in [3.63, 3.8) is 0 Å². The first-order valence-electron chi connectivity index (χ1n) is 9.31. The Morgan fingerprint density at radius 2 is 1.54 bits per heavy atom. The number of hydrogen-bond donors (Lipinski definition) is 1. The number of rotatable bonds is 5. The second kappa shape index (κ2) is 8.37. The largest absolute Gasteiger partial charge is 0.369 e. The number of carbonyl (C=O) groups is 1. The molecule has 0 saturated carbocycles. The van der Waals surface area contributed by atoms with E-state index in [1.165, 1.54) is 6.42 Å². The lowest BCUT2D eigenvalue weighted by molar-refractivity contribution is -0.132. The van der Waals surface area contributed by atoms with Crippen LogP contribution in [0.3, 0.4) is 0 Å². The molecule has 0 aromatic heterocycles. The Balaban J connectivity index is 1.44. The van der Waals surface area contributed by atoms with Gasteiger partial charge in [-0.2, -0.15) is 0 Å². The fourth-order valence-corrected chi connectivity index (χ4v) is 4.15. The summed E-state index contributed by atoms with van der Waals surface area (Å²) >= 11 is 0. The molecule has 2 saturated heterocycles. The maximum Gasteiger partial charge on any atom is 0.238 e. The molecule has 2 aliphatic rings. The van der Waals surface area contributed by atoms with Crippen LogP contribution in [0.5, 0.6) is 0 Å². The SMILES string of the molecule is NS(=O)(=O)c1ccc(N2CCN(CCC(=O)N3CCCCC3)CC2)cc1. The second-order valence-corrected chi connectivity index (χ2v) is 8.62. The van der Waals surface area contributed by atoms with Crippen LogP contribution in [0.4, 0.5) is 5.69 Å². The number of nitrogens with two attached hydrogens (primary N) is 1. The fourth-order valence-electron chi connectivity index (χ4n) is 3.63. The first kappa shape index (κ1) is 19.1. The topological polar surface area (TPSA) is 87.0 Å². The van der Waals surface area contributed by atoms with Crippen molar-refractivity contribution in [2.24, 2.45) is 5.14 Å². The molecule has 1 aromatic carbocycles. The van der Waals surface area contributed by atoms with E-state index in [0.29, 0.717) is 6.42 Å². The summed E-state index contributed by atoms with van der Waals surface area (Å²) in [6.07, 6.45) is 4.11. The third kappa shape index (κ3) is 4.96. The van der Waals surface area contributed by atoms with Crippen LogP contribution in [0.1, 0.15) is 25.7 Å². The van der Waals surface area contributed by atoms with E-state index in [9.17, 15) is 13.2 Å². The van der Waals surface area contributed by atoms with Crippen LogP contribution in [0.15, 0.2) is 29.2 Å². The number of sulfonamides is 1. The first-order chi connectivity index (χ1) is 12.4. The lowest BCUT2D eigenvalue weighted by Gasteiger charge is -2.36. The highest BCUT2D eigenvalue weighted by Gasteiger charge is 2.21. The number of primary sulfonamides is 1. The maximum atomic E-state index is 12.3. The van der Waals surface area contributed by atoms with Crippen LogP contribution in [0, 0.1) is 0 Å². The Kier molecular flexibility index (Phi) is 6.16. The molecule has 0 spiro atoms. The summed E-state index contributed by atoms with van der Waals surface area (Å²) in [6.45, 7) is 6.20. The number of carbonyl (C=O) groups excluding carboxylic acids is 1. The molecule has 2 heterocycles. The molecular formula is C18H28N4O3S. The van der Waals surface area contributed by atoms with Crippen LogP contribution in [-0.4, -0.2) is 69.9 Å². The van der Waals surface area contributed by atoms with Gasteiger partial charge in [0.1, 0.15) is 0 Å². The Morgan fingerprint density at radius 1 is 0.923 bits per heavy atom. The Hall–Kier alpha value is -1.64. The molecule has 26 heavy (non-hydrogen) atoms. The number of benzene rings is 1. The van der Waals surface area contributed by atoms with Gasteiger partial charge < -0.3 is 9.80 Å². The third-order valence-corrected chi connectivity index (χ3v) is 6.18. The zero-order valence-electron chi connectivity index (χ0n) is 15.1. The molecule has 0 radical (unpaired) electrons. The standard InChI is InChI=1S/C18H28N4O3S/c19-26(24,25)17-6-4-16(5-7-17)21-14-12-20(13-15-21)11-8-18(23)22-9-2-1-3-10-22/h4-7H,1-3,8-15H2,(H2,19,24,25). The van der Waals surface area contributed by atoms with E-state index >= 15 is 0 Å². The number of anilines is 1. The van der Waals surface area contributed by atoms with Gasteiger partial charge in [0.25, 0.3) is 0 Å². The molecule has 0 bridgehead atoms. The molecular weight excluding hydrogens is 352 g/mol. The number of nitrogens with zero attached hydrogens (tertiary/aromatic N) is 3. The van der Waals surface area contributed by atoms with Gasteiger partial charge in [-0.1, -0.05) is 0 Å². The fraction of sp³-hybridized carbons (Fsp3) is 0.611. The van der Waals surface area contributed by atoms with Gasteiger partial charge in [-0.3, -0.25) is 9.69 Å². The van der Waals surface area contributed by atoms with Crippen LogP contribution < -0.4 is 10.0 Å². The Bertz CT molecular complexity index is 706. The van der Waals surface area contributed by atoms with Crippen molar-refractivity contribution >= 4 is 21.6 Å². The average molecular weight is 381 g/mol. The van der Waals surface area contributed by atoms with E-state index in [1.54, 1.807) is 24.3 Å². The molecule has 2 N–H and O–H groups in total. The Morgan fingerprint density at radius 3 is 2.12 bits per heavy atom. The number of likely N-dealkylation sites (tertiary alicyclic amines) is 1. The predicted molar refractivity (Wildman–Crippen MR) is 102 cm³/mol. The van der Waals surface area contributed by atoms with Gasteiger partial charge in [-0.05, 0) is 43.5 Å². The van der Waals surface area contributed by atoms with Crippen LogP contribution in [-0.2, 0) is 14.8 Å². The summed E-state index contributed by atoms with van der Waals surface area (Å²) in [5.41, 5.74) is 1.00. The van der Waals surface area contributed by atoms with Crippen LogP contribution in [0.2, 0.25) is 0 Å². The van der Waals surface area contributed by atoms with Gasteiger partial charge in [0.2, 0.25) is 15.9 Å². The summed E-state index contributed by atoms with van der Waals surface area (Å²) in [6, 6.07) is 6.70. The quantitative estimate of drug-likeness (QED) is 0.819. The molecule has 0 unspecified atom stereocenters. The van der Waals surface area contributed by atoms with Crippen molar-refractivity contribution in [1.29, 1.82) is 0 Å². The average Bonchev–Trinajstić information content (AvgIpc) is 2.66. The van der Waals surface area contributed by atoms with Crippen molar-refractivity contribution < 1.29 is 13.2 Å². The smallest absolute Gasteiger partial charge is 0.238 e. The molecule has 7 nitrogen and oxygen atoms in total. The van der Waals surface area contributed by atoms with Crippen LogP contribution in [0.25, 0.3) is 0 Å². The summed E-state index contributed by atoms with van der Waals surface area (Å²) in [5.74, 6) is 0.283. The highest BCUT2D eigenvalue weighted by atomic mass is 32.2. The van der Waals surface area contributed by atoms with Gasteiger partial charge in [-0.25, -0.2) is 13.6 Å². The molecule has 3 rings (SSSR count). The number of piperazine rings is 1.